The van der Waals surface area contributed by atoms with Gasteiger partial charge >= 0.3 is 0 Å². The molecule has 4 N–H and O–H groups in total. The summed E-state index contributed by atoms with van der Waals surface area (Å²) in [6, 6.07) is -0.557. The highest BCUT2D eigenvalue weighted by Crippen LogP contribution is 2.49. The molecule has 1 rings (SSSR count). The van der Waals surface area contributed by atoms with E-state index in [9.17, 15) is 9.59 Å². The lowest BCUT2D eigenvalue weighted by molar-refractivity contribution is -0.127. The first kappa shape index (κ1) is 20.2. The van der Waals surface area contributed by atoms with E-state index in [0.717, 1.165) is 13.0 Å². The predicted molar refractivity (Wildman–Crippen MR) is 87.2 cm³/mol. The quantitative estimate of drug-likeness (QED) is 0.633. The van der Waals surface area contributed by atoms with E-state index in [1.165, 1.54) is 12.8 Å². The molecule has 0 spiro atoms. The van der Waals surface area contributed by atoms with E-state index in [2.05, 4.69) is 24.5 Å². The first-order valence-corrected chi connectivity index (χ1v) is 7.56. The van der Waals surface area contributed by atoms with E-state index in [0.29, 0.717) is 11.3 Å². The van der Waals surface area contributed by atoms with Crippen molar-refractivity contribution in [3.8, 4) is 0 Å². The molecule has 1 aliphatic carbocycles. The maximum Gasteiger partial charge on any atom is 0.239 e. The second-order valence-electron chi connectivity index (χ2n) is 6.86. The first-order chi connectivity index (χ1) is 9.26. The summed E-state index contributed by atoms with van der Waals surface area (Å²) < 4.78 is 0. The maximum atomic E-state index is 11.7. The van der Waals surface area contributed by atoms with Gasteiger partial charge in [-0.2, -0.15) is 0 Å². The molecule has 0 aromatic heterocycles. The summed E-state index contributed by atoms with van der Waals surface area (Å²) in [5, 5.41) is 5.50. The van der Waals surface area contributed by atoms with Gasteiger partial charge in [-0.1, -0.05) is 27.7 Å². The molecule has 0 heterocycles. The highest BCUT2D eigenvalue weighted by atomic mass is 35.5. The SMILES string of the molecule is CC(C)CC1(CNC(=O)CNC(=O)[C@@H](N)C(C)C)CC1.Cl. The molecule has 5 nitrogen and oxygen atoms in total. The molecule has 1 atom stereocenters. The third-order valence-corrected chi connectivity index (χ3v) is 3.90. The highest BCUT2D eigenvalue weighted by molar-refractivity contribution is 5.87. The Morgan fingerprint density at radius 2 is 1.71 bits per heavy atom. The summed E-state index contributed by atoms with van der Waals surface area (Å²) >= 11 is 0. The third-order valence-electron chi connectivity index (χ3n) is 3.90. The lowest BCUT2D eigenvalue weighted by atomic mass is 9.94. The minimum atomic E-state index is -0.557. The first-order valence-electron chi connectivity index (χ1n) is 7.56. The summed E-state index contributed by atoms with van der Waals surface area (Å²) in [5.41, 5.74) is 6.02. The van der Waals surface area contributed by atoms with Crippen LogP contribution in [0.1, 0.15) is 47.0 Å². The van der Waals surface area contributed by atoms with Crippen molar-refractivity contribution < 1.29 is 9.59 Å². The number of amides is 2. The van der Waals surface area contributed by atoms with Gasteiger partial charge < -0.3 is 16.4 Å². The van der Waals surface area contributed by atoms with Crippen LogP contribution in [0.4, 0.5) is 0 Å². The molecular formula is C15H30ClN3O2. The van der Waals surface area contributed by atoms with Crippen LogP contribution in [-0.4, -0.2) is 30.9 Å². The molecule has 2 amide bonds. The van der Waals surface area contributed by atoms with Crippen molar-refractivity contribution >= 4 is 24.2 Å². The lowest BCUT2D eigenvalue weighted by Crippen LogP contribution is -2.47. The normalized spacial score (nSPS) is 17.1. The topological polar surface area (TPSA) is 84.2 Å². The fourth-order valence-corrected chi connectivity index (χ4v) is 2.43. The van der Waals surface area contributed by atoms with E-state index in [1.54, 1.807) is 0 Å². The van der Waals surface area contributed by atoms with Gasteiger partial charge in [-0.3, -0.25) is 9.59 Å². The van der Waals surface area contributed by atoms with Crippen LogP contribution in [0.2, 0.25) is 0 Å². The average molecular weight is 320 g/mol. The van der Waals surface area contributed by atoms with Crippen LogP contribution in [-0.2, 0) is 9.59 Å². The van der Waals surface area contributed by atoms with E-state index in [-0.39, 0.29) is 36.7 Å². The van der Waals surface area contributed by atoms with Gasteiger partial charge in [-0.05, 0) is 36.5 Å². The fourth-order valence-electron chi connectivity index (χ4n) is 2.43. The number of halogens is 1. The third kappa shape index (κ3) is 7.14. The van der Waals surface area contributed by atoms with Gasteiger partial charge in [0.2, 0.25) is 11.8 Å². The molecule has 0 saturated heterocycles. The average Bonchev–Trinajstić information content (AvgIpc) is 3.11. The van der Waals surface area contributed by atoms with E-state index in [4.69, 9.17) is 5.73 Å². The molecular weight excluding hydrogens is 290 g/mol. The number of nitrogens with two attached hydrogens (primary N) is 1. The summed E-state index contributed by atoms with van der Waals surface area (Å²) in [5.74, 6) is 0.319. The van der Waals surface area contributed by atoms with Crippen molar-refractivity contribution in [3.63, 3.8) is 0 Å². The molecule has 0 aliphatic heterocycles. The molecule has 0 radical (unpaired) electrons. The van der Waals surface area contributed by atoms with Gasteiger partial charge in [0, 0.05) is 6.54 Å². The van der Waals surface area contributed by atoms with Crippen LogP contribution >= 0.6 is 12.4 Å². The molecule has 0 aromatic carbocycles. The summed E-state index contributed by atoms with van der Waals surface area (Å²) in [6.07, 6.45) is 3.53. The summed E-state index contributed by atoms with van der Waals surface area (Å²) in [6.45, 7) is 8.90. The van der Waals surface area contributed by atoms with Crippen LogP contribution in [0.3, 0.4) is 0 Å². The second kappa shape index (κ2) is 8.59. The molecule has 1 fully saturated rings. The minimum absolute atomic E-state index is 0. The van der Waals surface area contributed by atoms with Crippen LogP contribution < -0.4 is 16.4 Å². The minimum Gasteiger partial charge on any atom is -0.354 e. The zero-order valence-electron chi connectivity index (χ0n) is 13.6. The predicted octanol–water partition coefficient (Wildman–Crippen LogP) is 1.45. The van der Waals surface area contributed by atoms with Crippen molar-refractivity contribution in [2.75, 3.05) is 13.1 Å². The smallest absolute Gasteiger partial charge is 0.239 e. The Morgan fingerprint density at radius 1 is 1.14 bits per heavy atom. The molecule has 0 unspecified atom stereocenters. The van der Waals surface area contributed by atoms with Crippen LogP contribution in [0.15, 0.2) is 0 Å². The Balaban J connectivity index is 0.00000400. The molecule has 1 aliphatic rings. The Labute approximate surface area is 134 Å². The largest absolute Gasteiger partial charge is 0.354 e. The fraction of sp³-hybridized carbons (Fsp3) is 0.867. The number of carbonyl (C=O) groups excluding carboxylic acids is 2. The van der Waals surface area contributed by atoms with E-state index in [1.807, 2.05) is 13.8 Å². The van der Waals surface area contributed by atoms with Gasteiger partial charge in [0.25, 0.3) is 0 Å². The zero-order valence-corrected chi connectivity index (χ0v) is 14.4. The van der Waals surface area contributed by atoms with E-state index < -0.39 is 6.04 Å². The van der Waals surface area contributed by atoms with Gasteiger partial charge in [-0.15, -0.1) is 12.4 Å². The molecule has 124 valence electrons. The maximum absolute atomic E-state index is 11.7. The van der Waals surface area contributed by atoms with Crippen LogP contribution in [0, 0.1) is 17.3 Å². The number of carbonyl (C=O) groups is 2. The molecule has 6 heteroatoms. The van der Waals surface area contributed by atoms with E-state index >= 15 is 0 Å². The van der Waals surface area contributed by atoms with Crippen molar-refractivity contribution in [1.29, 1.82) is 0 Å². The van der Waals surface area contributed by atoms with Gasteiger partial charge in [0.05, 0.1) is 12.6 Å². The number of nitrogens with one attached hydrogen (secondary N) is 2. The van der Waals surface area contributed by atoms with Crippen molar-refractivity contribution in [1.82, 2.24) is 10.6 Å². The summed E-state index contributed by atoms with van der Waals surface area (Å²) in [7, 11) is 0. The lowest BCUT2D eigenvalue weighted by Gasteiger charge is -2.19. The molecule has 21 heavy (non-hydrogen) atoms. The van der Waals surface area contributed by atoms with Crippen LogP contribution in [0.5, 0.6) is 0 Å². The van der Waals surface area contributed by atoms with Crippen molar-refractivity contribution in [2.24, 2.45) is 23.0 Å². The molecule has 1 saturated carbocycles. The zero-order chi connectivity index (χ0) is 15.3. The van der Waals surface area contributed by atoms with Crippen molar-refractivity contribution in [2.45, 2.75) is 53.0 Å². The standard InChI is InChI=1S/C15H29N3O2.ClH/c1-10(2)7-15(5-6-15)9-18-12(19)8-17-14(20)13(16)11(3)4;/h10-11,13H,5-9,16H2,1-4H3,(H,17,20)(H,18,19);1H/t13-;/m0./s1. The van der Waals surface area contributed by atoms with Crippen LogP contribution in [0.25, 0.3) is 0 Å². The number of hydrogen-bond acceptors (Lipinski definition) is 3. The Kier molecular flexibility index (Phi) is 8.26. The molecule has 0 aromatic rings. The van der Waals surface area contributed by atoms with Gasteiger partial charge in [0.1, 0.15) is 0 Å². The Bertz CT molecular complexity index is 355. The van der Waals surface area contributed by atoms with Gasteiger partial charge in [-0.25, -0.2) is 0 Å². The summed E-state index contributed by atoms with van der Waals surface area (Å²) in [4.78, 5) is 23.4. The monoisotopic (exact) mass is 319 g/mol. The second-order valence-corrected chi connectivity index (χ2v) is 6.86. The number of rotatable bonds is 8. The van der Waals surface area contributed by atoms with Gasteiger partial charge in [0.15, 0.2) is 0 Å². The highest BCUT2D eigenvalue weighted by Gasteiger charge is 2.42. The Hall–Kier alpha value is -0.810. The number of hydrogen-bond donors (Lipinski definition) is 3. The Morgan fingerprint density at radius 3 is 2.14 bits per heavy atom. The van der Waals surface area contributed by atoms with Crippen molar-refractivity contribution in [3.05, 3.63) is 0 Å². The molecule has 0 bridgehead atoms.